The molecule has 0 aromatic carbocycles. The monoisotopic (exact) mass is 182 g/mol. The maximum atomic E-state index is 11.4. The third-order valence-electron chi connectivity index (χ3n) is 1.40. The molecule has 0 aromatic heterocycles. The van der Waals surface area contributed by atoms with E-state index in [1.54, 1.807) is 0 Å². The van der Waals surface area contributed by atoms with Crippen LogP contribution < -0.4 is 0 Å². The van der Waals surface area contributed by atoms with Crippen LogP contribution in [0, 0.1) is 0 Å². The molecule has 0 spiro atoms. The Morgan fingerprint density at radius 1 is 1.38 bits per heavy atom. The lowest BCUT2D eigenvalue weighted by Crippen LogP contribution is -2.28. The average Bonchev–Trinajstić information content (AvgIpc) is 2.31. The molecule has 0 aromatic rings. The van der Waals surface area contributed by atoms with Crippen molar-refractivity contribution in [2.45, 2.75) is 39.7 Å². The highest BCUT2D eigenvalue weighted by molar-refractivity contribution is 6.41. The lowest BCUT2D eigenvalue weighted by Gasteiger charge is -2.18. The van der Waals surface area contributed by atoms with E-state index < -0.39 is 5.60 Å². The van der Waals surface area contributed by atoms with Crippen LogP contribution in [0.25, 0.3) is 0 Å². The zero-order chi connectivity index (χ0) is 10.1. The van der Waals surface area contributed by atoms with Crippen LogP contribution in [0.15, 0.2) is 10.2 Å². The number of carbonyl (C=O) groups is 1. The molecule has 4 heteroatoms. The van der Waals surface area contributed by atoms with Crippen molar-refractivity contribution in [2.75, 3.05) is 0 Å². The van der Waals surface area contributed by atoms with E-state index in [0.29, 0.717) is 12.1 Å². The molecule has 1 aliphatic heterocycles. The smallest absolute Gasteiger partial charge is 0.355 e. The van der Waals surface area contributed by atoms with E-state index in [0.717, 1.165) is 5.71 Å². The molecule has 0 amide bonds. The lowest BCUT2D eigenvalue weighted by atomic mass is 10.1. The summed E-state index contributed by atoms with van der Waals surface area (Å²) in [6, 6.07) is 0. The quantitative estimate of drug-likeness (QED) is 0.578. The molecule has 0 radical (unpaired) electrons. The fourth-order valence-electron chi connectivity index (χ4n) is 0.909. The summed E-state index contributed by atoms with van der Waals surface area (Å²) < 4.78 is 5.13. The van der Waals surface area contributed by atoms with Crippen molar-refractivity contribution < 1.29 is 9.53 Å². The predicted octanol–water partition coefficient (Wildman–Crippen LogP) is 1.55. The molecule has 1 heterocycles. The summed E-state index contributed by atoms with van der Waals surface area (Å²) in [5, 5.41) is 7.50. The van der Waals surface area contributed by atoms with E-state index in [2.05, 4.69) is 10.2 Å². The molecule has 13 heavy (non-hydrogen) atoms. The lowest BCUT2D eigenvalue weighted by molar-refractivity contribution is -0.146. The minimum atomic E-state index is -0.462. The van der Waals surface area contributed by atoms with Crippen molar-refractivity contribution in [3.05, 3.63) is 0 Å². The Kier molecular flexibility index (Phi) is 2.50. The van der Waals surface area contributed by atoms with Gasteiger partial charge in [0.25, 0.3) is 0 Å². The van der Waals surface area contributed by atoms with Gasteiger partial charge in [-0.2, -0.15) is 5.10 Å². The Hall–Kier alpha value is -1.19. The van der Waals surface area contributed by atoms with Gasteiger partial charge in [0.2, 0.25) is 0 Å². The number of nitrogens with zero attached hydrogens (tertiary/aromatic N) is 2. The molecule has 0 N–H and O–H groups in total. The third-order valence-corrected chi connectivity index (χ3v) is 1.40. The summed E-state index contributed by atoms with van der Waals surface area (Å²) in [6.45, 7) is 7.32. The second kappa shape index (κ2) is 3.28. The normalized spacial score (nSPS) is 16.6. The van der Waals surface area contributed by atoms with Gasteiger partial charge >= 0.3 is 5.97 Å². The zero-order valence-corrected chi connectivity index (χ0v) is 8.42. The van der Waals surface area contributed by atoms with Crippen LogP contribution in [0.2, 0.25) is 0 Å². The van der Waals surface area contributed by atoms with Crippen LogP contribution in [-0.4, -0.2) is 23.0 Å². The van der Waals surface area contributed by atoms with Crippen molar-refractivity contribution in [2.24, 2.45) is 10.2 Å². The van der Waals surface area contributed by atoms with Gasteiger partial charge in [0.1, 0.15) is 5.60 Å². The molecule has 1 aliphatic rings. The van der Waals surface area contributed by atoms with Gasteiger partial charge in [-0.15, -0.1) is 5.10 Å². The summed E-state index contributed by atoms with van der Waals surface area (Å²) in [6.07, 6.45) is 0.509. The highest BCUT2D eigenvalue weighted by Crippen LogP contribution is 2.11. The van der Waals surface area contributed by atoms with Gasteiger partial charge in [0.15, 0.2) is 5.71 Å². The van der Waals surface area contributed by atoms with E-state index in [4.69, 9.17) is 4.74 Å². The largest absolute Gasteiger partial charge is 0.455 e. The Labute approximate surface area is 77.7 Å². The molecule has 4 nitrogen and oxygen atoms in total. The fourth-order valence-corrected chi connectivity index (χ4v) is 0.909. The summed E-state index contributed by atoms with van der Waals surface area (Å²) >= 11 is 0. The van der Waals surface area contributed by atoms with Crippen molar-refractivity contribution in [3.8, 4) is 0 Å². The maximum absolute atomic E-state index is 11.4. The average molecular weight is 182 g/mol. The molecule has 72 valence electrons. The van der Waals surface area contributed by atoms with Crippen LogP contribution in [-0.2, 0) is 9.53 Å². The van der Waals surface area contributed by atoms with E-state index in [1.807, 2.05) is 27.7 Å². The number of hydrogen-bond donors (Lipinski definition) is 0. The Balaban J connectivity index is 2.53. The van der Waals surface area contributed by atoms with Gasteiger partial charge in [-0.1, -0.05) is 0 Å². The molecular weight excluding hydrogens is 168 g/mol. The second-order valence-electron chi connectivity index (χ2n) is 4.06. The number of ether oxygens (including phenoxy) is 1. The van der Waals surface area contributed by atoms with Crippen LogP contribution in [0.1, 0.15) is 34.1 Å². The predicted molar refractivity (Wildman–Crippen MR) is 51.0 cm³/mol. The molecule has 1 rings (SSSR count). The first-order chi connectivity index (χ1) is 5.88. The van der Waals surface area contributed by atoms with Crippen LogP contribution in [0.3, 0.4) is 0 Å². The molecular formula is C9H14N2O2. The van der Waals surface area contributed by atoms with E-state index in [-0.39, 0.29) is 5.97 Å². The standard InChI is InChI=1S/C9H14N2O2/c1-6-5-7(11-10-6)8(12)13-9(2,3)4/h5H2,1-4H3. The van der Waals surface area contributed by atoms with Gasteiger partial charge in [0, 0.05) is 12.1 Å². The highest BCUT2D eigenvalue weighted by Gasteiger charge is 2.23. The third kappa shape index (κ3) is 2.97. The van der Waals surface area contributed by atoms with Crippen molar-refractivity contribution >= 4 is 17.4 Å². The summed E-state index contributed by atoms with van der Waals surface area (Å²) in [5.74, 6) is -0.368. The van der Waals surface area contributed by atoms with Gasteiger partial charge in [0.05, 0.1) is 0 Å². The second-order valence-corrected chi connectivity index (χ2v) is 4.06. The Morgan fingerprint density at radius 3 is 2.38 bits per heavy atom. The molecule has 0 saturated heterocycles. The molecule has 0 fully saturated rings. The number of esters is 1. The van der Waals surface area contributed by atoms with E-state index in [1.165, 1.54) is 0 Å². The number of carbonyl (C=O) groups excluding carboxylic acids is 1. The summed E-state index contributed by atoms with van der Waals surface area (Å²) in [4.78, 5) is 11.4. The van der Waals surface area contributed by atoms with Gasteiger partial charge in [-0.05, 0) is 27.7 Å². The van der Waals surface area contributed by atoms with Crippen LogP contribution in [0.4, 0.5) is 0 Å². The van der Waals surface area contributed by atoms with Crippen LogP contribution >= 0.6 is 0 Å². The molecule has 0 saturated carbocycles. The van der Waals surface area contributed by atoms with Gasteiger partial charge < -0.3 is 4.74 Å². The number of rotatable bonds is 1. The van der Waals surface area contributed by atoms with E-state index >= 15 is 0 Å². The highest BCUT2D eigenvalue weighted by atomic mass is 16.6. The van der Waals surface area contributed by atoms with Crippen molar-refractivity contribution in [1.29, 1.82) is 0 Å². The summed E-state index contributed by atoms with van der Waals surface area (Å²) in [7, 11) is 0. The minimum absolute atomic E-state index is 0.368. The molecule has 0 aliphatic carbocycles. The first-order valence-corrected chi connectivity index (χ1v) is 4.22. The minimum Gasteiger partial charge on any atom is -0.455 e. The fraction of sp³-hybridized carbons (Fsp3) is 0.667. The zero-order valence-electron chi connectivity index (χ0n) is 8.42. The van der Waals surface area contributed by atoms with E-state index in [9.17, 15) is 4.79 Å². The van der Waals surface area contributed by atoms with Crippen molar-refractivity contribution in [3.63, 3.8) is 0 Å². The van der Waals surface area contributed by atoms with Crippen molar-refractivity contribution in [1.82, 2.24) is 0 Å². The SMILES string of the molecule is CC1=NN=C(C(=O)OC(C)(C)C)C1. The Morgan fingerprint density at radius 2 is 2.00 bits per heavy atom. The van der Waals surface area contributed by atoms with Gasteiger partial charge in [-0.25, -0.2) is 4.79 Å². The summed E-state index contributed by atoms with van der Waals surface area (Å²) in [5.41, 5.74) is 0.782. The topological polar surface area (TPSA) is 51.0 Å². The molecule has 0 bridgehead atoms. The Bertz CT molecular complexity index is 284. The van der Waals surface area contributed by atoms with Crippen LogP contribution in [0.5, 0.6) is 0 Å². The number of hydrogen-bond acceptors (Lipinski definition) is 4. The molecule has 0 atom stereocenters. The maximum Gasteiger partial charge on any atom is 0.355 e. The first kappa shape index (κ1) is 9.89. The van der Waals surface area contributed by atoms with Gasteiger partial charge in [-0.3, -0.25) is 0 Å². The first-order valence-electron chi connectivity index (χ1n) is 4.22. The molecule has 0 unspecified atom stereocenters.